The van der Waals surface area contributed by atoms with Gasteiger partial charge in [-0.25, -0.2) is 9.59 Å². The van der Waals surface area contributed by atoms with Crippen LogP contribution in [0.5, 0.6) is 0 Å². The molecule has 1 aromatic carbocycles. The highest BCUT2D eigenvalue weighted by Crippen LogP contribution is 2.21. The number of carbonyl (C=O) groups is 2. The van der Waals surface area contributed by atoms with Crippen LogP contribution in [0.15, 0.2) is 18.2 Å². The van der Waals surface area contributed by atoms with E-state index in [1.165, 1.54) is 0 Å². The largest absolute Gasteiger partial charge is 0.480 e. The minimum atomic E-state index is -1.04. The minimum Gasteiger partial charge on any atom is -0.480 e. The van der Waals surface area contributed by atoms with Crippen LogP contribution >= 0.6 is 34.2 Å². The van der Waals surface area contributed by atoms with Crippen LogP contribution in [0.1, 0.15) is 0 Å². The highest BCUT2D eigenvalue weighted by molar-refractivity contribution is 14.1. The first-order valence-corrected chi connectivity index (χ1v) is 6.74. The van der Waals surface area contributed by atoms with E-state index in [1.54, 1.807) is 18.2 Å². The normalized spacial score (nSPS) is 10.0. The number of anilines is 1. The summed E-state index contributed by atoms with van der Waals surface area (Å²) in [5.41, 5.74) is 0.647. The molecule has 0 saturated carbocycles. The number of hydrogen-bond acceptors (Lipinski definition) is 3. The molecule has 104 valence electrons. The van der Waals surface area contributed by atoms with Gasteiger partial charge in [0.25, 0.3) is 0 Å². The summed E-state index contributed by atoms with van der Waals surface area (Å²) in [6.45, 7) is -0.0148. The summed E-state index contributed by atoms with van der Waals surface area (Å²) >= 11 is 7.86. The van der Waals surface area contributed by atoms with Crippen LogP contribution in [-0.4, -0.2) is 36.9 Å². The molecule has 0 aliphatic carbocycles. The Kier molecular flexibility index (Phi) is 6.89. The van der Waals surface area contributed by atoms with Crippen LogP contribution in [-0.2, 0) is 9.53 Å². The van der Waals surface area contributed by atoms with E-state index in [2.05, 4.69) is 33.2 Å². The Morgan fingerprint density at radius 2 is 2.16 bits per heavy atom. The molecule has 0 bridgehead atoms. The van der Waals surface area contributed by atoms with Gasteiger partial charge < -0.3 is 20.5 Å². The molecule has 0 atom stereocenters. The molecule has 19 heavy (non-hydrogen) atoms. The molecule has 0 aliphatic rings. The van der Waals surface area contributed by atoms with Crippen LogP contribution in [0.3, 0.4) is 0 Å². The fourth-order valence-corrected chi connectivity index (χ4v) is 2.16. The Bertz CT molecular complexity index is 470. The van der Waals surface area contributed by atoms with E-state index in [9.17, 15) is 9.59 Å². The molecule has 1 rings (SSSR count). The molecule has 0 saturated heterocycles. The summed E-state index contributed by atoms with van der Waals surface area (Å²) in [5, 5.41) is 14.1. The highest BCUT2D eigenvalue weighted by atomic mass is 127. The quantitative estimate of drug-likeness (QED) is 0.506. The Labute approximate surface area is 128 Å². The Balaban J connectivity index is 2.29. The van der Waals surface area contributed by atoms with Crippen molar-refractivity contribution < 1.29 is 19.4 Å². The van der Waals surface area contributed by atoms with Crippen molar-refractivity contribution in [2.45, 2.75) is 0 Å². The Morgan fingerprint density at radius 1 is 1.42 bits per heavy atom. The van der Waals surface area contributed by atoms with Crippen molar-refractivity contribution in [3.63, 3.8) is 0 Å². The first-order chi connectivity index (χ1) is 8.99. The third-order valence-electron chi connectivity index (χ3n) is 1.94. The summed E-state index contributed by atoms with van der Waals surface area (Å²) < 4.78 is 5.60. The van der Waals surface area contributed by atoms with Crippen molar-refractivity contribution in [3.05, 3.63) is 26.8 Å². The van der Waals surface area contributed by atoms with Gasteiger partial charge in [0.1, 0.15) is 6.61 Å². The van der Waals surface area contributed by atoms with Crippen LogP contribution in [0.25, 0.3) is 0 Å². The molecule has 8 heteroatoms. The summed E-state index contributed by atoms with van der Waals surface area (Å²) in [7, 11) is 0. The van der Waals surface area contributed by atoms with E-state index in [0.29, 0.717) is 10.7 Å². The molecular formula is C11H12ClIN2O4. The zero-order valence-electron chi connectivity index (χ0n) is 9.78. The van der Waals surface area contributed by atoms with Crippen molar-refractivity contribution in [2.24, 2.45) is 0 Å². The van der Waals surface area contributed by atoms with E-state index in [-0.39, 0.29) is 25.8 Å². The van der Waals surface area contributed by atoms with Gasteiger partial charge in [-0.05, 0) is 40.8 Å². The lowest BCUT2D eigenvalue weighted by Crippen LogP contribution is -2.32. The van der Waals surface area contributed by atoms with Crippen molar-refractivity contribution in [3.8, 4) is 0 Å². The van der Waals surface area contributed by atoms with Gasteiger partial charge in [0.2, 0.25) is 0 Å². The number of carboxylic acids is 1. The second kappa shape index (κ2) is 8.18. The zero-order valence-corrected chi connectivity index (χ0v) is 12.7. The Morgan fingerprint density at radius 3 is 2.79 bits per heavy atom. The first kappa shape index (κ1) is 16.0. The van der Waals surface area contributed by atoms with Crippen LogP contribution in [0, 0.1) is 3.57 Å². The molecule has 2 amide bonds. The van der Waals surface area contributed by atoms with E-state index in [0.717, 1.165) is 3.57 Å². The topological polar surface area (TPSA) is 87.7 Å². The lowest BCUT2D eigenvalue weighted by atomic mass is 10.3. The smallest absolute Gasteiger partial charge is 0.329 e. The predicted octanol–water partition coefficient (Wildman–Crippen LogP) is 2.17. The van der Waals surface area contributed by atoms with Gasteiger partial charge in [0.15, 0.2) is 0 Å². The number of hydrogen-bond donors (Lipinski definition) is 3. The lowest BCUT2D eigenvalue weighted by molar-refractivity contribution is -0.142. The maximum absolute atomic E-state index is 11.5. The predicted molar refractivity (Wildman–Crippen MR) is 79.6 cm³/mol. The van der Waals surface area contributed by atoms with E-state index >= 15 is 0 Å². The second-order valence-electron chi connectivity index (χ2n) is 3.45. The average Bonchev–Trinajstić information content (AvgIpc) is 2.32. The third kappa shape index (κ3) is 6.60. The molecule has 0 fully saturated rings. The van der Waals surface area contributed by atoms with Crippen molar-refractivity contribution in [2.75, 3.05) is 25.1 Å². The van der Waals surface area contributed by atoms with Gasteiger partial charge in [0, 0.05) is 15.1 Å². The maximum Gasteiger partial charge on any atom is 0.329 e. The monoisotopic (exact) mass is 398 g/mol. The number of rotatable bonds is 6. The van der Waals surface area contributed by atoms with Crippen LogP contribution < -0.4 is 10.6 Å². The van der Waals surface area contributed by atoms with Gasteiger partial charge in [-0.2, -0.15) is 0 Å². The lowest BCUT2D eigenvalue weighted by Gasteiger charge is -2.09. The van der Waals surface area contributed by atoms with E-state index in [4.69, 9.17) is 21.4 Å². The number of carbonyl (C=O) groups excluding carboxylic acids is 1. The van der Waals surface area contributed by atoms with E-state index in [1.807, 2.05) is 0 Å². The van der Waals surface area contributed by atoms with Gasteiger partial charge in [-0.3, -0.25) is 0 Å². The SMILES string of the molecule is O=C(O)COCCNC(=O)Nc1ccc(Cl)cc1I. The molecule has 1 aromatic rings. The van der Waals surface area contributed by atoms with Crippen molar-refractivity contribution >= 4 is 51.9 Å². The van der Waals surface area contributed by atoms with Gasteiger partial charge in [-0.1, -0.05) is 11.6 Å². The van der Waals surface area contributed by atoms with Crippen LogP contribution in [0.2, 0.25) is 5.02 Å². The number of amides is 2. The van der Waals surface area contributed by atoms with Crippen molar-refractivity contribution in [1.29, 1.82) is 0 Å². The summed E-state index contributed by atoms with van der Waals surface area (Å²) in [5.74, 6) is -1.04. The minimum absolute atomic E-state index is 0.136. The molecule has 0 unspecified atom stereocenters. The van der Waals surface area contributed by atoms with Gasteiger partial charge >= 0.3 is 12.0 Å². The number of ether oxygens (including phenoxy) is 1. The zero-order chi connectivity index (χ0) is 14.3. The highest BCUT2D eigenvalue weighted by Gasteiger charge is 2.05. The average molecular weight is 399 g/mol. The standard InChI is InChI=1S/C11H12ClIN2O4/c12-7-1-2-9(8(13)5-7)15-11(18)14-3-4-19-6-10(16)17/h1-2,5H,3-4,6H2,(H,16,17)(H2,14,15,18). The molecular weight excluding hydrogens is 386 g/mol. The number of halogens is 2. The second-order valence-corrected chi connectivity index (χ2v) is 5.05. The number of benzene rings is 1. The van der Waals surface area contributed by atoms with E-state index < -0.39 is 5.97 Å². The third-order valence-corrected chi connectivity index (χ3v) is 3.06. The number of aliphatic carboxylic acids is 1. The Hall–Kier alpha value is -1.06. The number of nitrogens with one attached hydrogen (secondary N) is 2. The molecule has 6 nitrogen and oxygen atoms in total. The summed E-state index contributed by atoms with van der Waals surface area (Å²) in [6, 6.07) is 4.72. The number of carboxylic acid groups (broad SMARTS) is 1. The number of urea groups is 1. The van der Waals surface area contributed by atoms with Gasteiger partial charge in [-0.15, -0.1) is 0 Å². The molecule has 0 heterocycles. The van der Waals surface area contributed by atoms with Gasteiger partial charge in [0.05, 0.1) is 12.3 Å². The fraction of sp³-hybridized carbons (Fsp3) is 0.273. The van der Waals surface area contributed by atoms with Crippen LogP contribution in [0.4, 0.5) is 10.5 Å². The maximum atomic E-state index is 11.5. The fourth-order valence-electron chi connectivity index (χ4n) is 1.15. The van der Waals surface area contributed by atoms with Crippen molar-refractivity contribution in [1.82, 2.24) is 5.32 Å². The molecule has 0 aliphatic heterocycles. The molecule has 0 spiro atoms. The first-order valence-electron chi connectivity index (χ1n) is 5.28. The molecule has 0 aromatic heterocycles. The summed E-state index contributed by atoms with van der Waals surface area (Å²) in [4.78, 5) is 21.7. The summed E-state index contributed by atoms with van der Waals surface area (Å²) in [6.07, 6.45) is 0. The molecule has 0 radical (unpaired) electrons. The molecule has 3 N–H and O–H groups in total.